The highest BCUT2D eigenvalue weighted by Crippen LogP contribution is 2.31. The lowest BCUT2D eigenvalue weighted by Crippen LogP contribution is -2.24. The maximum Gasteiger partial charge on any atom is 0.257 e. The summed E-state index contributed by atoms with van der Waals surface area (Å²) in [5, 5.41) is 19.0. The molecule has 1 saturated carbocycles. The van der Waals surface area contributed by atoms with Crippen molar-refractivity contribution in [2.24, 2.45) is 5.92 Å². The molecule has 0 atom stereocenters. The van der Waals surface area contributed by atoms with E-state index in [0.29, 0.717) is 34.9 Å². The van der Waals surface area contributed by atoms with E-state index in [2.05, 4.69) is 20.5 Å². The lowest BCUT2D eigenvalue weighted by atomic mass is 10.1. The van der Waals surface area contributed by atoms with Gasteiger partial charge in [-0.25, -0.2) is 9.37 Å². The number of amides is 1. The molecule has 0 aliphatic heterocycles. The van der Waals surface area contributed by atoms with Gasteiger partial charge in [0, 0.05) is 23.9 Å². The number of H-pyrrole nitrogens is 1. The van der Waals surface area contributed by atoms with Crippen molar-refractivity contribution in [3.05, 3.63) is 59.2 Å². The SMILES string of the molecule is COc1ccc(CNC(=O)c2cc(-c3[nH]ncc3CO)cnc2OCC2CC2)cc1F. The van der Waals surface area contributed by atoms with Crippen LogP contribution in [-0.4, -0.2) is 39.9 Å². The second-order valence-electron chi connectivity index (χ2n) is 7.41. The van der Waals surface area contributed by atoms with Gasteiger partial charge in [0.25, 0.3) is 5.91 Å². The second kappa shape index (κ2) is 9.13. The van der Waals surface area contributed by atoms with Crippen molar-refractivity contribution in [2.45, 2.75) is 26.0 Å². The van der Waals surface area contributed by atoms with E-state index in [0.717, 1.165) is 12.8 Å². The van der Waals surface area contributed by atoms with Gasteiger partial charge in [-0.3, -0.25) is 9.89 Å². The van der Waals surface area contributed by atoms with Gasteiger partial charge in [-0.1, -0.05) is 6.07 Å². The Morgan fingerprint density at radius 1 is 1.32 bits per heavy atom. The number of aromatic nitrogens is 3. The minimum absolute atomic E-state index is 0.123. The Balaban J connectivity index is 1.56. The zero-order chi connectivity index (χ0) is 21.8. The van der Waals surface area contributed by atoms with Crippen LogP contribution in [0.1, 0.15) is 34.3 Å². The lowest BCUT2D eigenvalue weighted by Gasteiger charge is -2.13. The fraction of sp³-hybridized carbons (Fsp3) is 0.318. The molecule has 9 heteroatoms. The van der Waals surface area contributed by atoms with Crippen LogP contribution >= 0.6 is 0 Å². The summed E-state index contributed by atoms with van der Waals surface area (Å²) in [5.74, 6) is -0.0297. The molecule has 1 aromatic carbocycles. The highest BCUT2D eigenvalue weighted by Gasteiger charge is 2.24. The standard InChI is InChI=1S/C22H23FN4O4/c1-30-19-5-4-14(6-18(19)23)8-24-21(29)17-7-15(20-16(11-28)10-26-27-20)9-25-22(17)31-12-13-2-3-13/h4-7,9-10,13,28H,2-3,8,11-12H2,1H3,(H,24,29)(H,26,27). The lowest BCUT2D eigenvalue weighted by molar-refractivity contribution is 0.0945. The fourth-order valence-electron chi connectivity index (χ4n) is 3.13. The average molecular weight is 426 g/mol. The van der Waals surface area contributed by atoms with Crippen LogP contribution in [-0.2, 0) is 13.2 Å². The number of hydrogen-bond donors (Lipinski definition) is 3. The normalized spacial score (nSPS) is 13.1. The van der Waals surface area contributed by atoms with Crippen molar-refractivity contribution in [1.29, 1.82) is 0 Å². The molecule has 162 valence electrons. The Morgan fingerprint density at radius 2 is 2.16 bits per heavy atom. The summed E-state index contributed by atoms with van der Waals surface area (Å²) in [6, 6.07) is 6.15. The third kappa shape index (κ3) is 4.83. The van der Waals surface area contributed by atoms with Crippen molar-refractivity contribution in [3.63, 3.8) is 0 Å². The number of methoxy groups -OCH3 is 1. The average Bonchev–Trinajstić information content (AvgIpc) is 3.50. The number of aliphatic hydroxyl groups excluding tert-OH is 1. The highest BCUT2D eigenvalue weighted by atomic mass is 19.1. The Labute approximate surface area is 178 Å². The molecule has 2 heterocycles. The third-order valence-corrected chi connectivity index (χ3v) is 5.09. The molecule has 1 aliphatic carbocycles. The number of halogens is 1. The zero-order valence-electron chi connectivity index (χ0n) is 17.0. The number of carbonyl (C=O) groups excluding carboxylic acids is 1. The minimum atomic E-state index is -0.498. The topological polar surface area (TPSA) is 109 Å². The first-order valence-corrected chi connectivity index (χ1v) is 9.96. The van der Waals surface area contributed by atoms with Crippen LogP contribution in [0.4, 0.5) is 4.39 Å². The monoisotopic (exact) mass is 426 g/mol. The number of hydrogen-bond acceptors (Lipinski definition) is 6. The van der Waals surface area contributed by atoms with Gasteiger partial charge >= 0.3 is 0 Å². The smallest absolute Gasteiger partial charge is 0.257 e. The number of aliphatic hydroxyl groups is 1. The molecule has 1 amide bonds. The fourth-order valence-corrected chi connectivity index (χ4v) is 3.13. The van der Waals surface area contributed by atoms with Crippen LogP contribution in [0, 0.1) is 11.7 Å². The number of rotatable bonds is 9. The molecule has 0 spiro atoms. The van der Waals surface area contributed by atoms with E-state index in [1.54, 1.807) is 18.3 Å². The molecule has 3 aromatic rings. The molecular weight excluding hydrogens is 403 g/mol. The largest absolute Gasteiger partial charge is 0.494 e. The Hall–Kier alpha value is -3.46. The van der Waals surface area contributed by atoms with Crippen LogP contribution in [0.15, 0.2) is 36.7 Å². The molecule has 4 rings (SSSR count). The minimum Gasteiger partial charge on any atom is -0.494 e. The van der Waals surface area contributed by atoms with Crippen molar-refractivity contribution < 1.29 is 23.8 Å². The Morgan fingerprint density at radius 3 is 2.87 bits per heavy atom. The van der Waals surface area contributed by atoms with Gasteiger partial charge < -0.3 is 19.9 Å². The molecule has 8 nitrogen and oxygen atoms in total. The van der Waals surface area contributed by atoms with Crippen LogP contribution in [0.5, 0.6) is 11.6 Å². The third-order valence-electron chi connectivity index (χ3n) is 5.09. The van der Waals surface area contributed by atoms with Crippen molar-refractivity contribution in [2.75, 3.05) is 13.7 Å². The Kier molecular flexibility index (Phi) is 6.13. The summed E-state index contributed by atoms with van der Waals surface area (Å²) in [6.45, 7) is 0.427. The van der Waals surface area contributed by atoms with Crippen LogP contribution in [0.2, 0.25) is 0 Å². The highest BCUT2D eigenvalue weighted by molar-refractivity contribution is 5.97. The van der Waals surface area contributed by atoms with Crippen molar-refractivity contribution in [3.8, 4) is 22.9 Å². The second-order valence-corrected chi connectivity index (χ2v) is 7.41. The molecule has 3 N–H and O–H groups in total. The molecule has 1 fully saturated rings. The molecule has 2 aromatic heterocycles. The summed E-state index contributed by atoms with van der Waals surface area (Å²) in [5.41, 5.74) is 2.61. The van der Waals surface area contributed by atoms with E-state index in [1.807, 2.05) is 0 Å². The maximum atomic E-state index is 13.9. The van der Waals surface area contributed by atoms with Crippen molar-refractivity contribution >= 4 is 5.91 Å². The van der Waals surface area contributed by atoms with Crippen molar-refractivity contribution in [1.82, 2.24) is 20.5 Å². The van der Waals surface area contributed by atoms with Crippen LogP contribution in [0.25, 0.3) is 11.3 Å². The van der Waals surface area contributed by atoms with Crippen LogP contribution < -0.4 is 14.8 Å². The van der Waals surface area contributed by atoms with Gasteiger partial charge in [-0.2, -0.15) is 5.10 Å². The number of nitrogens with zero attached hydrogens (tertiary/aromatic N) is 2. The molecule has 0 bridgehead atoms. The first-order chi connectivity index (χ1) is 15.1. The van der Waals surface area contributed by atoms with E-state index in [-0.39, 0.29) is 30.3 Å². The molecular formula is C22H23FN4O4. The van der Waals surface area contributed by atoms with Gasteiger partial charge in [-0.15, -0.1) is 0 Å². The van der Waals surface area contributed by atoms with Gasteiger partial charge in [0.2, 0.25) is 5.88 Å². The molecule has 0 radical (unpaired) electrons. The summed E-state index contributed by atoms with van der Waals surface area (Å²) >= 11 is 0. The summed E-state index contributed by atoms with van der Waals surface area (Å²) < 4.78 is 24.6. The Bertz CT molecular complexity index is 1080. The van der Waals surface area contributed by atoms with E-state index in [4.69, 9.17) is 9.47 Å². The quantitative estimate of drug-likeness (QED) is 0.485. The summed E-state index contributed by atoms with van der Waals surface area (Å²) in [6.07, 6.45) is 5.31. The first-order valence-electron chi connectivity index (χ1n) is 9.96. The number of benzene rings is 1. The first kappa shape index (κ1) is 20.8. The van der Waals surface area contributed by atoms with E-state index in [9.17, 15) is 14.3 Å². The van der Waals surface area contributed by atoms with Crippen LogP contribution in [0.3, 0.4) is 0 Å². The van der Waals surface area contributed by atoms with E-state index in [1.165, 1.54) is 25.4 Å². The van der Waals surface area contributed by atoms with E-state index >= 15 is 0 Å². The van der Waals surface area contributed by atoms with Gasteiger partial charge in [0.1, 0.15) is 5.56 Å². The predicted molar refractivity (Wildman–Crippen MR) is 110 cm³/mol. The van der Waals surface area contributed by atoms with E-state index < -0.39 is 11.7 Å². The summed E-state index contributed by atoms with van der Waals surface area (Å²) in [7, 11) is 1.39. The summed E-state index contributed by atoms with van der Waals surface area (Å²) in [4.78, 5) is 17.3. The predicted octanol–water partition coefficient (Wildman–Crippen LogP) is 2.83. The molecule has 0 unspecified atom stereocenters. The van der Waals surface area contributed by atoms with Gasteiger partial charge in [0.05, 0.1) is 32.2 Å². The molecule has 31 heavy (non-hydrogen) atoms. The maximum absolute atomic E-state index is 13.9. The number of pyridine rings is 1. The molecule has 0 saturated heterocycles. The van der Waals surface area contributed by atoms with Gasteiger partial charge in [-0.05, 0) is 42.5 Å². The number of nitrogens with one attached hydrogen (secondary N) is 2. The number of ether oxygens (including phenoxy) is 2. The molecule has 1 aliphatic rings. The zero-order valence-corrected chi connectivity index (χ0v) is 17.0. The van der Waals surface area contributed by atoms with Gasteiger partial charge in [0.15, 0.2) is 11.6 Å². The number of aromatic amines is 1. The number of carbonyl (C=O) groups is 1.